The van der Waals surface area contributed by atoms with Crippen LogP contribution in [-0.4, -0.2) is 42.3 Å². The molecule has 0 heterocycles. The average Bonchev–Trinajstić information content (AvgIpc) is 3.43. The van der Waals surface area contributed by atoms with Crippen LogP contribution in [0.5, 0.6) is 0 Å². The number of aliphatic carboxylic acids is 1. The lowest BCUT2D eigenvalue weighted by atomic mass is 9.94. The molecule has 3 N–H and O–H groups in total. The molecular formula is C27H32N2O5. The number of carboxylic acids is 1. The van der Waals surface area contributed by atoms with Crippen molar-refractivity contribution in [2.24, 2.45) is 11.8 Å². The highest BCUT2D eigenvalue weighted by atomic mass is 16.5. The summed E-state index contributed by atoms with van der Waals surface area (Å²) in [5, 5.41) is 14.7. The number of carboxylic acid groups (broad SMARTS) is 1. The van der Waals surface area contributed by atoms with Gasteiger partial charge in [-0.1, -0.05) is 61.9 Å². The molecule has 180 valence electrons. The average molecular weight is 465 g/mol. The first-order valence-electron chi connectivity index (χ1n) is 12.1. The van der Waals surface area contributed by atoms with Gasteiger partial charge in [0, 0.05) is 24.4 Å². The van der Waals surface area contributed by atoms with Crippen molar-refractivity contribution in [1.29, 1.82) is 0 Å². The number of rotatable bonds is 9. The van der Waals surface area contributed by atoms with E-state index in [1.165, 1.54) is 11.1 Å². The van der Waals surface area contributed by atoms with Crippen LogP contribution in [0.3, 0.4) is 0 Å². The molecule has 2 aromatic carbocycles. The Morgan fingerprint density at radius 2 is 1.68 bits per heavy atom. The van der Waals surface area contributed by atoms with Crippen molar-refractivity contribution in [3.05, 3.63) is 59.7 Å². The molecule has 0 aliphatic heterocycles. The van der Waals surface area contributed by atoms with E-state index in [4.69, 9.17) is 9.84 Å². The van der Waals surface area contributed by atoms with E-state index in [1.54, 1.807) is 0 Å². The van der Waals surface area contributed by atoms with Crippen molar-refractivity contribution < 1.29 is 24.2 Å². The number of hydrogen-bond donors (Lipinski definition) is 3. The van der Waals surface area contributed by atoms with Gasteiger partial charge in [0.05, 0.1) is 6.42 Å². The van der Waals surface area contributed by atoms with Crippen LogP contribution < -0.4 is 10.6 Å². The maximum absolute atomic E-state index is 12.7. The van der Waals surface area contributed by atoms with Crippen LogP contribution in [-0.2, 0) is 14.3 Å². The summed E-state index contributed by atoms with van der Waals surface area (Å²) in [5.41, 5.74) is 4.69. The molecule has 7 nitrogen and oxygen atoms in total. The van der Waals surface area contributed by atoms with Crippen molar-refractivity contribution in [3.63, 3.8) is 0 Å². The SMILES string of the molecule is CC[C@@H](CC(=O)O)NC(=O)C1CCCC1CNC(=O)OCC1c2ccccc2-c2ccccc21. The third-order valence-corrected chi connectivity index (χ3v) is 7.11. The topological polar surface area (TPSA) is 105 Å². The van der Waals surface area contributed by atoms with Gasteiger partial charge < -0.3 is 20.5 Å². The van der Waals surface area contributed by atoms with Gasteiger partial charge in [-0.15, -0.1) is 0 Å². The van der Waals surface area contributed by atoms with Crippen LogP contribution >= 0.6 is 0 Å². The van der Waals surface area contributed by atoms with Gasteiger partial charge in [-0.2, -0.15) is 0 Å². The first kappa shape index (κ1) is 23.8. The van der Waals surface area contributed by atoms with E-state index >= 15 is 0 Å². The number of nitrogens with one attached hydrogen (secondary N) is 2. The highest BCUT2D eigenvalue weighted by Crippen LogP contribution is 2.44. The highest BCUT2D eigenvalue weighted by Gasteiger charge is 2.34. The Kier molecular flexibility index (Phi) is 7.50. The number of ether oxygens (including phenoxy) is 1. The first-order chi connectivity index (χ1) is 16.5. The minimum absolute atomic E-state index is 0.00312. The molecular weight excluding hydrogens is 432 g/mol. The predicted molar refractivity (Wildman–Crippen MR) is 128 cm³/mol. The number of hydrogen-bond acceptors (Lipinski definition) is 4. The van der Waals surface area contributed by atoms with Gasteiger partial charge in [0.15, 0.2) is 0 Å². The molecule has 2 aliphatic rings. The van der Waals surface area contributed by atoms with E-state index in [-0.39, 0.29) is 42.7 Å². The summed E-state index contributed by atoms with van der Waals surface area (Å²) >= 11 is 0. The first-order valence-corrected chi connectivity index (χ1v) is 12.1. The van der Waals surface area contributed by atoms with Crippen molar-refractivity contribution in [3.8, 4) is 11.1 Å². The van der Waals surface area contributed by atoms with Gasteiger partial charge >= 0.3 is 12.1 Å². The van der Waals surface area contributed by atoms with Crippen molar-refractivity contribution >= 4 is 18.0 Å². The van der Waals surface area contributed by atoms with E-state index in [0.29, 0.717) is 13.0 Å². The fourth-order valence-corrected chi connectivity index (χ4v) is 5.31. The molecule has 3 atom stereocenters. The molecule has 4 rings (SSSR count). The molecule has 0 aromatic heterocycles. The summed E-state index contributed by atoms with van der Waals surface area (Å²) in [4.78, 5) is 36.2. The molecule has 0 bridgehead atoms. The van der Waals surface area contributed by atoms with Crippen LogP contribution in [0, 0.1) is 11.8 Å². The summed E-state index contributed by atoms with van der Waals surface area (Å²) in [6.07, 6.45) is 2.49. The smallest absolute Gasteiger partial charge is 0.407 e. The molecule has 2 aliphatic carbocycles. The van der Waals surface area contributed by atoms with Crippen LogP contribution in [0.2, 0.25) is 0 Å². The van der Waals surface area contributed by atoms with Crippen LogP contribution in [0.25, 0.3) is 11.1 Å². The van der Waals surface area contributed by atoms with Gasteiger partial charge in [0.2, 0.25) is 5.91 Å². The molecule has 0 saturated heterocycles. The van der Waals surface area contributed by atoms with Gasteiger partial charge in [-0.05, 0) is 47.4 Å². The monoisotopic (exact) mass is 464 g/mol. The Morgan fingerprint density at radius 3 is 2.29 bits per heavy atom. The molecule has 0 spiro atoms. The second kappa shape index (κ2) is 10.7. The van der Waals surface area contributed by atoms with Crippen molar-refractivity contribution in [1.82, 2.24) is 10.6 Å². The lowest BCUT2D eigenvalue weighted by molar-refractivity contribution is -0.138. The fourth-order valence-electron chi connectivity index (χ4n) is 5.31. The Hall–Kier alpha value is -3.35. The zero-order chi connectivity index (χ0) is 24.1. The number of benzene rings is 2. The molecule has 2 aromatic rings. The Labute approximate surface area is 199 Å². The predicted octanol–water partition coefficient (Wildman–Crippen LogP) is 4.31. The van der Waals surface area contributed by atoms with Gasteiger partial charge in [-0.3, -0.25) is 9.59 Å². The number of alkyl carbamates (subject to hydrolysis) is 1. The van der Waals surface area contributed by atoms with Crippen LogP contribution in [0.15, 0.2) is 48.5 Å². The third-order valence-electron chi connectivity index (χ3n) is 7.11. The van der Waals surface area contributed by atoms with Gasteiger partial charge in [-0.25, -0.2) is 4.79 Å². The standard InChI is InChI=1S/C27H32N2O5/c1-2-18(14-25(30)31)29-26(32)19-13-7-8-17(19)15-28-27(33)34-16-24-22-11-5-3-9-20(22)21-10-4-6-12-23(21)24/h3-6,9-12,17-19,24H,2,7-8,13-16H2,1H3,(H,28,33)(H,29,32)(H,30,31)/t17?,18-,19?/m0/s1. The maximum Gasteiger partial charge on any atom is 0.407 e. The number of carbonyl (C=O) groups excluding carboxylic acids is 2. The van der Waals surface area contributed by atoms with Gasteiger partial charge in [0.1, 0.15) is 6.61 Å². The van der Waals surface area contributed by atoms with E-state index in [9.17, 15) is 14.4 Å². The van der Waals surface area contributed by atoms with Gasteiger partial charge in [0.25, 0.3) is 0 Å². The van der Waals surface area contributed by atoms with Crippen LogP contribution in [0.4, 0.5) is 4.79 Å². The summed E-state index contributed by atoms with van der Waals surface area (Å²) in [7, 11) is 0. The van der Waals surface area contributed by atoms with E-state index in [2.05, 4.69) is 34.9 Å². The molecule has 7 heteroatoms. The number of amides is 2. The highest BCUT2D eigenvalue weighted by molar-refractivity contribution is 5.81. The summed E-state index contributed by atoms with van der Waals surface area (Å²) in [6, 6.07) is 16.0. The zero-order valence-electron chi connectivity index (χ0n) is 19.5. The second-order valence-electron chi connectivity index (χ2n) is 9.22. The Bertz CT molecular complexity index is 1010. The maximum atomic E-state index is 12.7. The van der Waals surface area contributed by atoms with Crippen molar-refractivity contribution in [2.75, 3.05) is 13.2 Å². The Balaban J connectivity index is 1.29. The van der Waals surface area contributed by atoms with E-state index in [0.717, 1.165) is 30.4 Å². The summed E-state index contributed by atoms with van der Waals surface area (Å²) in [6.45, 7) is 2.48. The third kappa shape index (κ3) is 5.24. The minimum Gasteiger partial charge on any atom is -0.481 e. The van der Waals surface area contributed by atoms with E-state index in [1.807, 2.05) is 31.2 Å². The minimum atomic E-state index is -0.924. The molecule has 0 radical (unpaired) electrons. The largest absolute Gasteiger partial charge is 0.481 e. The molecule has 1 fully saturated rings. The lowest BCUT2D eigenvalue weighted by Gasteiger charge is -2.23. The second-order valence-corrected chi connectivity index (χ2v) is 9.22. The summed E-state index contributed by atoms with van der Waals surface area (Å²) < 4.78 is 5.61. The molecule has 34 heavy (non-hydrogen) atoms. The molecule has 2 unspecified atom stereocenters. The van der Waals surface area contributed by atoms with E-state index < -0.39 is 12.1 Å². The summed E-state index contributed by atoms with van der Waals surface area (Å²) in [5.74, 6) is -1.25. The molecule has 2 amide bonds. The normalized spacial score (nSPS) is 19.7. The Morgan fingerprint density at radius 1 is 1.03 bits per heavy atom. The van der Waals surface area contributed by atoms with Crippen molar-refractivity contribution in [2.45, 2.75) is 51.0 Å². The fraction of sp³-hybridized carbons (Fsp3) is 0.444. The number of fused-ring (bicyclic) bond motifs is 3. The molecule has 1 saturated carbocycles. The zero-order valence-corrected chi connectivity index (χ0v) is 19.5. The van der Waals surface area contributed by atoms with Crippen LogP contribution in [0.1, 0.15) is 56.1 Å². The number of carbonyl (C=O) groups is 3. The lowest BCUT2D eigenvalue weighted by Crippen LogP contribution is -2.43. The quantitative estimate of drug-likeness (QED) is 0.513.